The smallest absolute Gasteiger partial charge is 0.336 e. The van der Waals surface area contributed by atoms with Gasteiger partial charge in [-0.3, -0.25) is 39.4 Å². The number of hydrogen-bond donors (Lipinski definition) is 2. The lowest BCUT2D eigenvalue weighted by Gasteiger charge is -2.34. The molecule has 1 aliphatic carbocycles. The van der Waals surface area contributed by atoms with Gasteiger partial charge in [0, 0.05) is 118 Å². The Kier molecular flexibility index (Phi) is 14.1. The second-order valence-corrected chi connectivity index (χ2v) is 17.7. The molecule has 8 rings (SSSR count). The van der Waals surface area contributed by atoms with Crippen molar-refractivity contribution < 1.29 is 33.8 Å². The molecule has 5 aromatic rings. The minimum absolute atomic E-state index is 0.0155. The van der Waals surface area contributed by atoms with E-state index in [0.29, 0.717) is 96.4 Å². The van der Waals surface area contributed by atoms with Gasteiger partial charge in [0.15, 0.2) is 0 Å². The van der Waals surface area contributed by atoms with E-state index in [-0.39, 0.29) is 35.0 Å². The van der Waals surface area contributed by atoms with Gasteiger partial charge >= 0.3 is 5.97 Å². The summed E-state index contributed by atoms with van der Waals surface area (Å²) in [6, 6.07) is 26.8. The molecule has 1 fully saturated rings. The third-order valence-corrected chi connectivity index (χ3v) is 12.5. The van der Waals surface area contributed by atoms with E-state index < -0.39 is 21.7 Å². The van der Waals surface area contributed by atoms with Crippen LogP contribution >= 0.6 is 0 Å². The van der Waals surface area contributed by atoms with E-state index >= 15 is 0 Å². The molecule has 364 valence electrons. The molecule has 2 aliphatic heterocycles. The maximum absolute atomic E-state index is 13.5. The summed E-state index contributed by atoms with van der Waals surface area (Å²) in [4.78, 5) is 66.7. The number of carboxylic acid groups (broad SMARTS) is 1. The fourth-order valence-electron chi connectivity index (χ4n) is 8.66. The molecule has 1 saturated heterocycles. The number of benzene rings is 5. The fraction of sp³-hybridized carbons (Fsp3) is 0.275. The Labute approximate surface area is 407 Å². The number of non-ortho nitro benzene ring substituents is 2. The Morgan fingerprint density at radius 3 is 2.14 bits per heavy atom. The van der Waals surface area contributed by atoms with Gasteiger partial charge in [-0.15, -0.1) is 5.11 Å². The van der Waals surface area contributed by atoms with E-state index in [4.69, 9.17) is 4.42 Å². The molecule has 0 bridgehead atoms. The number of hydrogen-bond acceptors (Lipinski definition) is 13. The van der Waals surface area contributed by atoms with Crippen molar-refractivity contribution in [2.45, 2.75) is 33.4 Å². The number of amides is 2. The van der Waals surface area contributed by atoms with Crippen molar-refractivity contribution in [1.82, 2.24) is 29.5 Å². The standard InChI is InChI=1S/C51H51N11O9/c1-31-48(54-53-36-11-8-34(9-12-36)50(64)59-22-20-58(21-23-59)30-33-24-39(61(67)68)27-40(25-33)62(69)70)32(2)60(55-31)19-7-18-52-49(63)35-10-15-41(44(26-35)51(65)66)47-42-16-13-37(56(3)4)28-45(42)71-46-29-38(57(5)6)14-17-43(46)47/h8-17,24-29H,7,18-23,30H2,1-6H3,(H-,52,63,65,66)/p+1. The molecule has 1 aromatic heterocycles. The number of aryl methyl sites for hydroxylation is 2. The Balaban J connectivity index is 0.871. The molecule has 2 amide bonds. The van der Waals surface area contributed by atoms with Gasteiger partial charge in [-0.1, -0.05) is 6.07 Å². The normalized spacial score (nSPS) is 13.0. The van der Waals surface area contributed by atoms with Crippen LogP contribution in [-0.2, 0) is 13.1 Å². The molecule has 0 radical (unpaired) electrons. The zero-order valence-corrected chi connectivity index (χ0v) is 40.1. The third-order valence-electron chi connectivity index (χ3n) is 12.5. The maximum atomic E-state index is 13.5. The van der Waals surface area contributed by atoms with Crippen LogP contribution in [-0.4, -0.2) is 113 Å². The zero-order chi connectivity index (χ0) is 50.7. The summed E-state index contributed by atoms with van der Waals surface area (Å²) in [6.07, 6.45) is 0.524. The highest BCUT2D eigenvalue weighted by Gasteiger charge is 2.26. The number of aromatic carboxylic acids is 1. The van der Waals surface area contributed by atoms with Crippen LogP contribution in [0.4, 0.5) is 28.4 Å². The minimum Gasteiger partial charge on any atom is -0.478 e. The minimum atomic E-state index is -1.17. The first-order chi connectivity index (χ1) is 33.9. The predicted molar refractivity (Wildman–Crippen MR) is 267 cm³/mol. The Morgan fingerprint density at radius 1 is 0.817 bits per heavy atom. The van der Waals surface area contributed by atoms with Crippen molar-refractivity contribution in [3.63, 3.8) is 0 Å². The van der Waals surface area contributed by atoms with Crippen molar-refractivity contribution in [1.29, 1.82) is 0 Å². The molecule has 0 unspecified atom stereocenters. The van der Waals surface area contributed by atoms with Crippen LogP contribution in [0, 0.1) is 34.1 Å². The number of carbonyl (C=O) groups is 3. The molecule has 0 atom stereocenters. The number of rotatable bonds is 15. The van der Waals surface area contributed by atoms with Crippen LogP contribution in [0.2, 0.25) is 0 Å². The number of fused-ring (bicyclic) bond motifs is 2. The number of nitro groups is 2. The van der Waals surface area contributed by atoms with E-state index in [1.807, 2.05) is 92.8 Å². The fourth-order valence-corrected chi connectivity index (χ4v) is 8.66. The highest BCUT2D eigenvalue weighted by Crippen LogP contribution is 2.42. The van der Waals surface area contributed by atoms with E-state index in [1.54, 1.807) is 46.0 Å². The summed E-state index contributed by atoms with van der Waals surface area (Å²) >= 11 is 0. The van der Waals surface area contributed by atoms with Gasteiger partial charge in [0.25, 0.3) is 23.2 Å². The number of nitro benzene ring substituents is 2. The van der Waals surface area contributed by atoms with Crippen LogP contribution in [0.3, 0.4) is 0 Å². The van der Waals surface area contributed by atoms with E-state index in [9.17, 15) is 39.7 Å². The number of anilines is 1. The lowest BCUT2D eigenvalue weighted by atomic mass is 9.89. The number of aromatic nitrogens is 2. The Morgan fingerprint density at radius 2 is 1.49 bits per heavy atom. The average molecular weight is 963 g/mol. The molecule has 20 nitrogen and oxygen atoms in total. The lowest BCUT2D eigenvalue weighted by molar-refractivity contribution is -0.394. The van der Waals surface area contributed by atoms with Crippen LogP contribution < -0.4 is 20.1 Å². The summed E-state index contributed by atoms with van der Waals surface area (Å²) in [7, 11) is 7.75. The molecule has 3 aliphatic rings. The first kappa shape index (κ1) is 48.8. The molecule has 4 aromatic carbocycles. The largest absolute Gasteiger partial charge is 0.478 e. The van der Waals surface area contributed by atoms with Gasteiger partial charge in [0.2, 0.25) is 5.36 Å². The first-order valence-corrected chi connectivity index (χ1v) is 22.8. The van der Waals surface area contributed by atoms with Crippen molar-refractivity contribution >= 4 is 57.2 Å². The number of carboxylic acids is 1. The van der Waals surface area contributed by atoms with Gasteiger partial charge < -0.3 is 24.6 Å². The van der Waals surface area contributed by atoms with Crippen molar-refractivity contribution in [3.05, 3.63) is 156 Å². The van der Waals surface area contributed by atoms with Crippen LogP contribution in [0.1, 0.15) is 54.4 Å². The second kappa shape index (κ2) is 20.5. The van der Waals surface area contributed by atoms with Crippen molar-refractivity contribution in [2.24, 2.45) is 10.2 Å². The zero-order valence-electron chi connectivity index (χ0n) is 40.1. The third kappa shape index (κ3) is 10.7. The molecule has 20 heteroatoms. The summed E-state index contributed by atoms with van der Waals surface area (Å²) in [5, 5.41) is 51.3. The molecular formula is C51H52N11O9+. The highest BCUT2D eigenvalue weighted by molar-refractivity contribution is 6.09. The number of carbonyl (C=O) groups excluding carboxylic acids is 2. The summed E-state index contributed by atoms with van der Waals surface area (Å²) < 4.78 is 10.2. The molecule has 0 saturated carbocycles. The molecule has 0 spiro atoms. The second-order valence-electron chi connectivity index (χ2n) is 17.7. The van der Waals surface area contributed by atoms with Gasteiger partial charge in [-0.2, -0.15) is 10.2 Å². The molecule has 3 heterocycles. The molecular weight excluding hydrogens is 911 g/mol. The number of azo groups is 1. The first-order valence-electron chi connectivity index (χ1n) is 22.8. The maximum Gasteiger partial charge on any atom is 0.336 e. The van der Waals surface area contributed by atoms with Crippen LogP contribution in [0.15, 0.2) is 112 Å². The quantitative estimate of drug-likeness (QED) is 0.0250. The molecule has 71 heavy (non-hydrogen) atoms. The summed E-state index contributed by atoms with van der Waals surface area (Å²) in [5.74, 6) is -1.14. The highest BCUT2D eigenvalue weighted by atomic mass is 16.6. The van der Waals surface area contributed by atoms with Crippen LogP contribution in [0.25, 0.3) is 33.4 Å². The summed E-state index contributed by atoms with van der Waals surface area (Å²) in [6.45, 7) is 6.54. The van der Waals surface area contributed by atoms with Gasteiger partial charge in [0.05, 0.1) is 44.6 Å². The van der Waals surface area contributed by atoms with Gasteiger partial charge in [-0.25, -0.2) is 9.37 Å². The van der Waals surface area contributed by atoms with E-state index in [2.05, 4.69) is 20.6 Å². The lowest BCUT2D eigenvalue weighted by Crippen LogP contribution is -2.48. The van der Waals surface area contributed by atoms with Crippen molar-refractivity contribution in [2.75, 3.05) is 65.8 Å². The Bertz CT molecular complexity index is 3280. The number of piperazine rings is 1. The number of nitrogens with one attached hydrogen (secondary N) is 1. The Hall–Kier alpha value is -8.65. The topological polar surface area (TPSA) is 238 Å². The van der Waals surface area contributed by atoms with E-state index in [0.717, 1.165) is 33.8 Å². The van der Waals surface area contributed by atoms with Crippen molar-refractivity contribution in [3.8, 4) is 22.5 Å². The SMILES string of the molecule is Cc1nn(CCCNC(=O)c2ccc(-c3c4ccc(=[N+](C)C)cc-4oc4cc(N(C)C)ccc34)c(C(=O)O)c2)c(C)c1N=Nc1ccc(C(=O)N2CCN(Cc3cc([N+](=O)[O-])cc([N+](=O)[O-])c3)CC2)cc1. The van der Waals surface area contributed by atoms with E-state index in [1.165, 1.54) is 18.2 Å². The molecule has 2 N–H and O–H groups in total. The predicted octanol–water partition coefficient (Wildman–Crippen LogP) is 7.82. The average Bonchev–Trinajstić information content (AvgIpc) is 3.63. The number of nitrogens with zero attached hydrogens (tertiary/aromatic N) is 10. The van der Waals surface area contributed by atoms with Gasteiger partial charge in [0.1, 0.15) is 31.1 Å². The summed E-state index contributed by atoms with van der Waals surface area (Å²) in [5.41, 5.74) is 6.42. The van der Waals surface area contributed by atoms with Gasteiger partial charge in [-0.05, 0) is 86.0 Å². The van der Waals surface area contributed by atoms with Crippen LogP contribution in [0.5, 0.6) is 0 Å². The monoisotopic (exact) mass is 962 g/mol.